The molecule has 0 aliphatic carbocycles. The number of hydrogen-bond donors (Lipinski definition) is 1. The van der Waals surface area contributed by atoms with Gasteiger partial charge in [0.25, 0.3) is 0 Å². The third kappa shape index (κ3) is 2.09. The van der Waals surface area contributed by atoms with Crippen molar-refractivity contribution in [3.05, 3.63) is 40.6 Å². The molecule has 1 aromatic carbocycles. The summed E-state index contributed by atoms with van der Waals surface area (Å²) in [5.74, 6) is -0.266. The second kappa shape index (κ2) is 4.18. The average Bonchev–Trinajstić information content (AvgIpc) is 2.27. The monoisotopic (exact) mass is 250 g/mol. The van der Waals surface area contributed by atoms with Crippen LogP contribution in [0, 0.1) is 5.82 Å². The van der Waals surface area contributed by atoms with Crippen molar-refractivity contribution in [2.75, 3.05) is 5.73 Å². The van der Waals surface area contributed by atoms with E-state index in [1.165, 1.54) is 6.07 Å². The first kappa shape index (κ1) is 12.2. The summed E-state index contributed by atoms with van der Waals surface area (Å²) in [6, 6.07) is 4.63. The third-order valence-electron chi connectivity index (χ3n) is 3.07. The number of benzene rings is 1. The fourth-order valence-corrected chi connectivity index (χ4v) is 2.72. The topological polar surface area (TPSA) is 38.4 Å². The summed E-state index contributed by atoms with van der Waals surface area (Å²) in [6.07, 6.45) is 0. The van der Waals surface area contributed by atoms with Crippen molar-refractivity contribution in [2.45, 2.75) is 26.3 Å². The highest BCUT2D eigenvalue weighted by atomic mass is 32.2. The Bertz CT molecular complexity index is 522. The molecule has 2 N–H and O–H groups in total. The number of nitrogens with zero attached hydrogens (tertiary/aromatic N) is 1. The second-order valence-electron chi connectivity index (χ2n) is 4.36. The molecular weight excluding hydrogens is 235 g/mol. The van der Waals surface area contributed by atoms with E-state index in [9.17, 15) is 4.39 Å². The Labute approximate surface area is 105 Å². The van der Waals surface area contributed by atoms with Gasteiger partial charge in [-0.15, -0.1) is 0 Å². The molecule has 1 heterocycles. The summed E-state index contributed by atoms with van der Waals surface area (Å²) < 4.78 is 13.9. The molecule has 90 valence electrons. The lowest BCUT2D eigenvalue weighted by molar-refractivity contribution is 0.526. The number of thioether (sulfide) groups is 1. The van der Waals surface area contributed by atoms with Crippen molar-refractivity contribution >= 4 is 22.5 Å². The minimum Gasteiger partial charge on any atom is -0.399 e. The van der Waals surface area contributed by atoms with E-state index < -0.39 is 5.54 Å². The van der Waals surface area contributed by atoms with E-state index in [4.69, 9.17) is 5.73 Å². The third-order valence-corrected chi connectivity index (χ3v) is 3.97. The maximum absolute atomic E-state index is 13.9. The van der Waals surface area contributed by atoms with Crippen molar-refractivity contribution in [1.29, 1.82) is 0 Å². The summed E-state index contributed by atoms with van der Waals surface area (Å²) in [6.45, 7) is 5.81. The number of rotatable bonds is 1. The summed E-state index contributed by atoms with van der Waals surface area (Å²) in [5.41, 5.74) is 7.21. The number of halogens is 1. The van der Waals surface area contributed by atoms with Crippen molar-refractivity contribution in [2.24, 2.45) is 4.99 Å². The number of aliphatic imine (C=N–C) groups is 1. The van der Waals surface area contributed by atoms with Crippen molar-refractivity contribution in [3.63, 3.8) is 0 Å². The highest BCUT2D eigenvalue weighted by Gasteiger charge is 2.33. The van der Waals surface area contributed by atoms with Crippen LogP contribution in [0.2, 0.25) is 0 Å². The lowest BCUT2D eigenvalue weighted by atomic mass is 9.85. The zero-order valence-electron chi connectivity index (χ0n) is 10.1. The smallest absolute Gasteiger partial charge is 0.129 e. The van der Waals surface area contributed by atoms with Crippen LogP contribution in [0.3, 0.4) is 0 Å². The van der Waals surface area contributed by atoms with Crippen LogP contribution < -0.4 is 5.73 Å². The fourth-order valence-electron chi connectivity index (χ4n) is 1.91. The van der Waals surface area contributed by atoms with Gasteiger partial charge in [-0.2, -0.15) is 0 Å². The van der Waals surface area contributed by atoms with E-state index in [1.807, 2.05) is 26.2 Å². The van der Waals surface area contributed by atoms with Crippen LogP contribution in [0.5, 0.6) is 0 Å². The summed E-state index contributed by atoms with van der Waals surface area (Å²) in [7, 11) is 0. The Kier molecular flexibility index (Phi) is 3.00. The first-order chi connectivity index (χ1) is 7.93. The van der Waals surface area contributed by atoms with Crippen molar-refractivity contribution < 1.29 is 4.39 Å². The van der Waals surface area contributed by atoms with Crippen LogP contribution in [-0.2, 0) is 5.54 Å². The summed E-state index contributed by atoms with van der Waals surface area (Å²) in [4.78, 5) is 4.58. The summed E-state index contributed by atoms with van der Waals surface area (Å²) in [5, 5.41) is 2.95. The molecule has 0 saturated carbocycles. The molecular formula is C13H15FN2S. The first-order valence-corrected chi connectivity index (χ1v) is 6.27. The molecule has 0 fully saturated rings. The molecule has 4 heteroatoms. The SMILES string of the molecule is CC1=CSC(C)=N[C@]1(C)c1cc(N)ccc1F. The number of nitrogen functional groups attached to an aromatic ring is 1. The molecule has 0 unspecified atom stereocenters. The van der Waals surface area contributed by atoms with E-state index in [-0.39, 0.29) is 5.82 Å². The average molecular weight is 250 g/mol. The maximum atomic E-state index is 13.9. The van der Waals surface area contributed by atoms with E-state index >= 15 is 0 Å². The van der Waals surface area contributed by atoms with Crippen LogP contribution in [0.4, 0.5) is 10.1 Å². The molecule has 1 aliphatic heterocycles. The molecule has 17 heavy (non-hydrogen) atoms. The lowest BCUT2D eigenvalue weighted by Gasteiger charge is -2.31. The lowest BCUT2D eigenvalue weighted by Crippen LogP contribution is -2.25. The minimum atomic E-state index is -0.644. The molecule has 0 amide bonds. The van der Waals surface area contributed by atoms with E-state index in [1.54, 1.807) is 23.9 Å². The van der Waals surface area contributed by atoms with Gasteiger partial charge in [-0.05, 0) is 50.0 Å². The zero-order chi connectivity index (χ0) is 12.6. The summed E-state index contributed by atoms with van der Waals surface area (Å²) >= 11 is 1.57. The number of hydrogen-bond acceptors (Lipinski definition) is 3. The van der Waals surface area contributed by atoms with Gasteiger partial charge in [0, 0.05) is 11.3 Å². The second-order valence-corrected chi connectivity index (χ2v) is 5.42. The molecule has 1 atom stereocenters. The largest absolute Gasteiger partial charge is 0.399 e. The van der Waals surface area contributed by atoms with Gasteiger partial charge >= 0.3 is 0 Å². The van der Waals surface area contributed by atoms with Gasteiger partial charge in [0.15, 0.2) is 0 Å². The highest BCUT2D eigenvalue weighted by molar-refractivity contribution is 8.16. The van der Waals surface area contributed by atoms with Crippen LogP contribution in [0.15, 0.2) is 34.2 Å². The van der Waals surface area contributed by atoms with Gasteiger partial charge in [0.2, 0.25) is 0 Å². The number of anilines is 1. The van der Waals surface area contributed by atoms with Crippen molar-refractivity contribution in [3.8, 4) is 0 Å². The van der Waals surface area contributed by atoms with E-state index in [2.05, 4.69) is 4.99 Å². The molecule has 0 saturated heterocycles. The normalized spacial score (nSPS) is 24.2. The first-order valence-electron chi connectivity index (χ1n) is 5.39. The fraction of sp³-hybridized carbons (Fsp3) is 0.308. The molecule has 0 aromatic heterocycles. The van der Waals surface area contributed by atoms with E-state index in [0.29, 0.717) is 11.3 Å². The Balaban J connectivity index is 2.61. The quantitative estimate of drug-likeness (QED) is 0.772. The van der Waals surface area contributed by atoms with Crippen LogP contribution >= 0.6 is 11.8 Å². The van der Waals surface area contributed by atoms with Gasteiger partial charge in [-0.3, -0.25) is 4.99 Å². The standard InChI is InChI=1S/C13H15FN2S/c1-8-7-17-9(2)16-13(8,3)11-6-10(15)4-5-12(11)14/h4-7H,15H2,1-3H3/t13-/m0/s1. The number of nitrogens with two attached hydrogens (primary N) is 1. The van der Waals surface area contributed by atoms with Crippen LogP contribution in [0.1, 0.15) is 26.3 Å². The van der Waals surface area contributed by atoms with Gasteiger partial charge in [0.05, 0.1) is 5.04 Å². The zero-order valence-corrected chi connectivity index (χ0v) is 10.9. The predicted molar refractivity (Wildman–Crippen MR) is 72.6 cm³/mol. The van der Waals surface area contributed by atoms with Gasteiger partial charge in [-0.1, -0.05) is 11.8 Å². The Morgan fingerprint density at radius 3 is 2.76 bits per heavy atom. The molecule has 0 radical (unpaired) electrons. The van der Waals surface area contributed by atoms with Crippen LogP contribution in [-0.4, -0.2) is 5.04 Å². The Hall–Kier alpha value is -1.29. The molecule has 2 rings (SSSR count). The highest BCUT2D eigenvalue weighted by Crippen LogP contribution is 2.40. The van der Waals surface area contributed by atoms with E-state index in [0.717, 1.165) is 10.6 Å². The minimum absolute atomic E-state index is 0.266. The maximum Gasteiger partial charge on any atom is 0.129 e. The molecule has 2 nitrogen and oxygen atoms in total. The van der Waals surface area contributed by atoms with Gasteiger partial charge < -0.3 is 5.73 Å². The molecule has 1 aromatic rings. The Morgan fingerprint density at radius 2 is 2.06 bits per heavy atom. The Morgan fingerprint density at radius 1 is 1.35 bits per heavy atom. The van der Waals surface area contributed by atoms with Gasteiger partial charge in [0.1, 0.15) is 11.4 Å². The molecule has 0 bridgehead atoms. The van der Waals surface area contributed by atoms with Gasteiger partial charge in [-0.25, -0.2) is 4.39 Å². The van der Waals surface area contributed by atoms with Crippen molar-refractivity contribution in [1.82, 2.24) is 0 Å². The predicted octanol–water partition coefficient (Wildman–Crippen LogP) is 3.69. The molecule has 0 spiro atoms. The molecule has 1 aliphatic rings. The van der Waals surface area contributed by atoms with Crippen LogP contribution in [0.25, 0.3) is 0 Å².